The molecule has 120 valence electrons. The van der Waals surface area contributed by atoms with Crippen molar-refractivity contribution in [2.24, 2.45) is 0 Å². The Morgan fingerprint density at radius 2 is 1.70 bits per heavy atom. The number of aromatic nitrogens is 1. The van der Waals surface area contributed by atoms with Crippen LogP contribution in [0.4, 0.5) is 0 Å². The molecule has 0 bridgehead atoms. The average Bonchev–Trinajstić information content (AvgIpc) is 2.54. The molecule has 0 fully saturated rings. The fourth-order valence-corrected chi connectivity index (χ4v) is 2.28. The van der Waals surface area contributed by atoms with Gasteiger partial charge in [0.25, 0.3) is 5.91 Å². The van der Waals surface area contributed by atoms with E-state index in [1.807, 2.05) is 0 Å². The lowest BCUT2D eigenvalue weighted by atomic mass is 10.2. The maximum Gasteiger partial charge on any atom is 0.252 e. The molecule has 2 aromatic rings. The van der Waals surface area contributed by atoms with Crippen molar-refractivity contribution in [2.75, 3.05) is 0 Å². The van der Waals surface area contributed by atoms with Crippen LogP contribution in [-0.4, -0.2) is 25.8 Å². The Morgan fingerprint density at radius 3 is 2.26 bits per heavy atom. The van der Waals surface area contributed by atoms with Crippen LogP contribution in [0.2, 0.25) is 0 Å². The highest BCUT2D eigenvalue weighted by Crippen LogP contribution is 2.29. The smallest absolute Gasteiger partial charge is 0.252 e. The highest BCUT2D eigenvalue weighted by molar-refractivity contribution is 7.80. The van der Waals surface area contributed by atoms with E-state index in [1.54, 1.807) is 54.9 Å². The Morgan fingerprint density at radius 1 is 1.04 bits per heavy atom. The largest absolute Gasteiger partial charge is 0.352 e. The summed E-state index contributed by atoms with van der Waals surface area (Å²) in [7, 11) is 0. The molecule has 0 spiro atoms. The van der Waals surface area contributed by atoms with E-state index in [0.717, 1.165) is 0 Å². The first kappa shape index (κ1) is 17.9. The molecular weight excluding hydrogens is 377 g/mol. The summed E-state index contributed by atoms with van der Waals surface area (Å²) in [5.74, 6) is -0.386. The molecule has 0 saturated heterocycles. The van der Waals surface area contributed by atoms with Crippen molar-refractivity contribution in [1.29, 1.82) is 0 Å². The van der Waals surface area contributed by atoms with E-state index < -0.39 is 9.96 Å². The van der Waals surface area contributed by atoms with Gasteiger partial charge in [-0.05, 0) is 24.3 Å². The number of halogens is 3. The molecule has 0 aliphatic carbocycles. The summed E-state index contributed by atoms with van der Waals surface area (Å²) in [4.78, 5) is 16.5. The summed E-state index contributed by atoms with van der Waals surface area (Å²) in [5, 5.41) is 5.46. The zero-order valence-corrected chi connectivity index (χ0v) is 14.8. The van der Waals surface area contributed by atoms with Crippen molar-refractivity contribution in [3.05, 3.63) is 66.0 Å². The molecule has 0 saturated carbocycles. The van der Waals surface area contributed by atoms with Gasteiger partial charge in [0, 0.05) is 23.5 Å². The van der Waals surface area contributed by atoms with E-state index >= 15 is 0 Å². The van der Waals surface area contributed by atoms with Crippen molar-refractivity contribution < 1.29 is 4.79 Å². The van der Waals surface area contributed by atoms with E-state index in [0.29, 0.717) is 16.1 Å². The van der Waals surface area contributed by atoms with Gasteiger partial charge in [-0.1, -0.05) is 65.2 Å². The Kier molecular flexibility index (Phi) is 6.18. The maximum absolute atomic E-state index is 12.2. The summed E-state index contributed by atoms with van der Waals surface area (Å²) in [6, 6.07) is 12.1. The lowest BCUT2D eigenvalue weighted by Gasteiger charge is -2.27. The van der Waals surface area contributed by atoms with Crippen LogP contribution < -0.4 is 10.6 Å². The van der Waals surface area contributed by atoms with E-state index in [4.69, 9.17) is 47.0 Å². The van der Waals surface area contributed by atoms with Crippen LogP contribution >= 0.6 is 47.0 Å². The second-order valence-corrected chi connectivity index (χ2v) is 7.31. The fraction of sp³-hybridized carbons (Fsp3) is 0.133. The molecule has 0 aliphatic rings. The summed E-state index contributed by atoms with van der Waals surface area (Å²) >= 11 is 23.1. The molecule has 1 amide bonds. The van der Waals surface area contributed by atoms with Gasteiger partial charge in [-0.15, -0.1) is 0 Å². The maximum atomic E-state index is 12.2. The Balaban J connectivity index is 2.12. The molecule has 2 rings (SSSR count). The van der Waals surface area contributed by atoms with E-state index in [2.05, 4.69) is 15.6 Å². The summed E-state index contributed by atoms with van der Waals surface area (Å²) in [5.41, 5.74) is 1.09. The molecule has 8 heteroatoms. The molecule has 23 heavy (non-hydrogen) atoms. The molecule has 1 unspecified atom stereocenters. The summed E-state index contributed by atoms with van der Waals surface area (Å²) in [6.45, 7) is 0. The van der Waals surface area contributed by atoms with Crippen LogP contribution in [0.3, 0.4) is 0 Å². The van der Waals surface area contributed by atoms with E-state index in [1.165, 1.54) is 0 Å². The quantitative estimate of drug-likeness (QED) is 0.478. The molecule has 1 aromatic carbocycles. The van der Waals surface area contributed by atoms with Crippen molar-refractivity contribution in [1.82, 2.24) is 15.6 Å². The van der Waals surface area contributed by atoms with Gasteiger partial charge in [0.05, 0.1) is 0 Å². The molecule has 2 N–H and O–H groups in total. The molecule has 1 aromatic heterocycles. The summed E-state index contributed by atoms with van der Waals surface area (Å²) in [6.07, 6.45) is 2.19. The zero-order valence-electron chi connectivity index (χ0n) is 11.7. The first-order chi connectivity index (χ1) is 10.9. The molecule has 0 aliphatic heterocycles. The van der Waals surface area contributed by atoms with Crippen LogP contribution in [0, 0.1) is 0 Å². The lowest BCUT2D eigenvalue weighted by Crippen LogP contribution is -2.55. The van der Waals surface area contributed by atoms with Crippen molar-refractivity contribution >= 4 is 57.9 Å². The van der Waals surface area contributed by atoms with E-state index in [9.17, 15) is 4.79 Å². The predicted molar refractivity (Wildman–Crippen MR) is 97.1 cm³/mol. The minimum absolute atomic E-state index is 0.308. The molecule has 1 heterocycles. The van der Waals surface area contributed by atoms with Gasteiger partial charge >= 0.3 is 0 Å². The second kappa shape index (κ2) is 7.93. The van der Waals surface area contributed by atoms with E-state index in [-0.39, 0.29) is 5.91 Å². The zero-order chi connectivity index (χ0) is 16.9. The van der Waals surface area contributed by atoms with Gasteiger partial charge in [-0.2, -0.15) is 0 Å². The van der Waals surface area contributed by atoms with Crippen LogP contribution in [-0.2, 0) is 0 Å². The normalized spacial score (nSPS) is 12.3. The molecule has 0 radical (unpaired) electrons. The number of thiocarbonyl (C=S) groups is 1. The number of carbonyl (C=O) groups is 1. The predicted octanol–water partition coefficient (Wildman–Crippen LogP) is 3.47. The Bertz CT molecular complexity index is 624. The van der Waals surface area contributed by atoms with Gasteiger partial charge in [-0.3, -0.25) is 9.78 Å². The Labute approximate surface area is 154 Å². The van der Waals surface area contributed by atoms with Crippen LogP contribution in [0.1, 0.15) is 15.9 Å². The highest BCUT2D eigenvalue weighted by Gasteiger charge is 2.34. The van der Waals surface area contributed by atoms with Gasteiger partial charge in [0.15, 0.2) is 0 Å². The van der Waals surface area contributed by atoms with Crippen molar-refractivity contribution in [3.63, 3.8) is 0 Å². The number of hydrogen-bond donors (Lipinski definition) is 2. The third-order valence-electron chi connectivity index (χ3n) is 2.84. The number of amides is 1. The van der Waals surface area contributed by atoms with Crippen molar-refractivity contribution in [2.45, 2.75) is 9.96 Å². The number of benzene rings is 1. The number of pyridine rings is 1. The van der Waals surface area contributed by atoms with Gasteiger partial charge < -0.3 is 10.6 Å². The van der Waals surface area contributed by atoms with Gasteiger partial charge in [0.1, 0.15) is 11.2 Å². The third kappa shape index (κ3) is 5.32. The molecule has 4 nitrogen and oxygen atoms in total. The monoisotopic (exact) mass is 387 g/mol. The highest BCUT2D eigenvalue weighted by atomic mass is 35.6. The number of carbonyl (C=O) groups excluding carboxylic acids is 1. The molecular formula is C15H12Cl3N3OS. The Hall–Kier alpha value is -1.40. The SMILES string of the molecule is O=C(NC(NC(=S)c1cccnc1)C(Cl)(Cl)Cl)c1ccccc1. The number of nitrogens with one attached hydrogen (secondary N) is 2. The lowest BCUT2D eigenvalue weighted by molar-refractivity contribution is 0.0934. The van der Waals surface area contributed by atoms with Gasteiger partial charge in [0.2, 0.25) is 3.79 Å². The number of alkyl halides is 3. The second-order valence-electron chi connectivity index (χ2n) is 4.53. The van der Waals surface area contributed by atoms with Crippen LogP contribution in [0.25, 0.3) is 0 Å². The standard InChI is InChI=1S/C15H12Cl3N3OS/c16-15(17,18)14(20-12(22)10-5-2-1-3-6-10)21-13(23)11-7-4-8-19-9-11/h1-9,14H,(H,20,22)(H,21,23). The van der Waals surface area contributed by atoms with Gasteiger partial charge in [-0.25, -0.2) is 0 Å². The minimum Gasteiger partial charge on any atom is -0.352 e. The topological polar surface area (TPSA) is 54.0 Å². The average molecular weight is 389 g/mol. The fourth-order valence-electron chi connectivity index (χ4n) is 1.72. The minimum atomic E-state index is -1.79. The number of nitrogens with zero attached hydrogens (tertiary/aromatic N) is 1. The first-order valence-corrected chi connectivity index (χ1v) is 8.05. The first-order valence-electron chi connectivity index (χ1n) is 6.51. The summed E-state index contributed by atoms with van der Waals surface area (Å²) < 4.78 is -1.79. The third-order valence-corrected chi connectivity index (χ3v) is 3.85. The van der Waals surface area contributed by atoms with Crippen molar-refractivity contribution in [3.8, 4) is 0 Å². The number of hydrogen-bond acceptors (Lipinski definition) is 3. The van der Waals surface area contributed by atoms with Crippen LogP contribution in [0.15, 0.2) is 54.9 Å². The van der Waals surface area contributed by atoms with Crippen LogP contribution in [0.5, 0.6) is 0 Å². The number of rotatable bonds is 4. The molecule has 1 atom stereocenters.